The van der Waals surface area contributed by atoms with E-state index in [-0.39, 0.29) is 23.5 Å². The highest BCUT2D eigenvalue weighted by molar-refractivity contribution is 7.98. The van der Waals surface area contributed by atoms with E-state index in [0.29, 0.717) is 21.7 Å². The fourth-order valence-electron chi connectivity index (χ4n) is 3.45. The molecule has 1 aliphatic rings. The molecule has 2 aromatic carbocycles. The van der Waals surface area contributed by atoms with Gasteiger partial charge in [-0.15, -0.1) is 0 Å². The maximum Gasteiger partial charge on any atom is 0.279 e. The Balaban J connectivity index is 1.72. The van der Waals surface area contributed by atoms with Crippen molar-refractivity contribution in [2.24, 2.45) is 7.05 Å². The highest BCUT2D eigenvalue weighted by atomic mass is 35.5. The number of fused-ring (bicyclic) bond motifs is 1. The Morgan fingerprint density at radius 1 is 1.17 bits per heavy atom. The lowest BCUT2D eigenvalue weighted by molar-refractivity contribution is -0.116. The zero-order valence-electron chi connectivity index (χ0n) is 15.8. The van der Waals surface area contributed by atoms with Gasteiger partial charge in [-0.1, -0.05) is 35.5 Å². The van der Waals surface area contributed by atoms with Crippen LogP contribution in [0.1, 0.15) is 29.0 Å². The maximum absolute atomic E-state index is 13.7. The molecular formula is C21H16ClF2N3O2S. The molecule has 0 saturated heterocycles. The second-order valence-electron chi connectivity index (χ2n) is 6.94. The summed E-state index contributed by atoms with van der Waals surface area (Å²) in [5.74, 6) is -1.81. The van der Waals surface area contributed by atoms with Gasteiger partial charge in [-0.25, -0.2) is 8.78 Å². The van der Waals surface area contributed by atoms with Crippen LogP contribution in [0, 0.1) is 11.6 Å². The van der Waals surface area contributed by atoms with Crippen molar-refractivity contribution in [2.75, 3.05) is 5.32 Å². The molecule has 1 N–H and O–H groups in total. The molecule has 1 aromatic heterocycles. The molecule has 0 radical (unpaired) electrons. The molecule has 30 heavy (non-hydrogen) atoms. The van der Waals surface area contributed by atoms with Crippen LogP contribution in [0.3, 0.4) is 0 Å². The van der Waals surface area contributed by atoms with E-state index in [2.05, 4.69) is 10.3 Å². The second kappa shape index (κ2) is 8.20. The van der Waals surface area contributed by atoms with Crippen LogP contribution in [0.2, 0.25) is 5.02 Å². The summed E-state index contributed by atoms with van der Waals surface area (Å²) in [7, 11) is 1.68. The predicted octanol–water partition coefficient (Wildman–Crippen LogP) is 4.48. The van der Waals surface area contributed by atoms with E-state index in [0.717, 1.165) is 23.8 Å². The Hall–Kier alpha value is -2.71. The fraction of sp³-hybridized carbons (Fsp3) is 0.190. The van der Waals surface area contributed by atoms with Gasteiger partial charge < -0.3 is 9.88 Å². The van der Waals surface area contributed by atoms with Gasteiger partial charge in [0.1, 0.15) is 17.5 Å². The second-order valence-corrected chi connectivity index (χ2v) is 8.32. The molecule has 154 valence electrons. The summed E-state index contributed by atoms with van der Waals surface area (Å²) in [5, 5.41) is 3.76. The summed E-state index contributed by atoms with van der Waals surface area (Å²) < 4.78 is 29.1. The van der Waals surface area contributed by atoms with E-state index in [9.17, 15) is 18.4 Å². The lowest BCUT2D eigenvalue weighted by Crippen LogP contribution is -2.33. The molecule has 0 spiro atoms. The number of carbonyl (C=O) groups excluding carboxylic acids is 1. The van der Waals surface area contributed by atoms with E-state index in [1.165, 1.54) is 11.8 Å². The third-order valence-electron chi connectivity index (χ3n) is 4.87. The summed E-state index contributed by atoms with van der Waals surface area (Å²) in [5.41, 5.74) is 0.909. The minimum absolute atomic E-state index is 0.0932. The molecule has 4 rings (SSSR count). The van der Waals surface area contributed by atoms with Gasteiger partial charge in [0.15, 0.2) is 5.16 Å². The van der Waals surface area contributed by atoms with Gasteiger partial charge in [0.25, 0.3) is 5.56 Å². The van der Waals surface area contributed by atoms with Crippen molar-refractivity contribution >= 4 is 35.1 Å². The Bertz CT molecular complexity index is 1180. The standard InChI is InChI=1S/C21H16ClF2N3O2S/c1-27-19-18(16(9-17(28)25-19)12-6-14(23)8-15(24)7-12)20(29)26-21(27)30-10-11-2-4-13(22)5-3-11/h2-8,16H,9-10H2,1H3,(H,25,28)/t16-/m1/s1. The minimum atomic E-state index is -0.777. The summed E-state index contributed by atoms with van der Waals surface area (Å²) in [6.07, 6.45) is -0.0932. The molecule has 0 aliphatic carbocycles. The quantitative estimate of drug-likeness (QED) is 0.473. The largest absolute Gasteiger partial charge is 0.312 e. The number of rotatable bonds is 4. The number of benzene rings is 2. The first kappa shape index (κ1) is 20.6. The van der Waals surface area contributed by atoms with Crippen LogP contribution in [-0.2, 0) is 17.6 Å². The summed E-state index contributed by atoms with van der Waals surface area (Å²) in [4.78, 5) is 29.3. The number of nitrogens with one attached hydrogen (secondary N) is 1. The first-order chi connectivity index (χ1) is 14.3. The Morgan fingerprint density at radius 2 is 1.83 bits per heavy atom. The first-order valence-electron chi connectivity index (χ1n) is 9.06. The molecule has 9 heteroatoms. The normalized spacial score (nSPS) is 15.6. The zero-order chi connectivity index (χ0) is 21.4. The Morgan fingerprint density at radius 3 is 2.50 bits per heavy atom. The number of hydrogen-bond donors (Lipinski definition) is 1. The van der Waals surface area contributed by atoms with Gasteiger partial charge in [0, 0.05) is 36.2 Å². The number of anilines is 1. The van der Waals surface area contributed by atoms with Gasteiger partial charge >= 0.3 is 0 Å². The summed E-state index contributed by atoms with van der Waals surface area (Å²) >= 11 is 7.23. The van der Waals surface area contributed by atoms with Crippen LogP contribution in [-0.4, -0.2) is 15.5 Å². The van der Waals surface area contributed by atoms with E-state index in [4.69, 9.17) is 11.6 Å². The summed E-state index contributed by atoms with van der Waals surface area (Å²) in [6.45, 7) is 0. The molecule has 5 nitrogen and oxygen atoms in total. The number of aromatic nitrogens is 2. The third kappa shape index (κ3) is 4.11. The number of carbonyl (C=O) groups is 1. The van der Waals surface area contributed by atoms with Gasteiger partial charge in [0.2, 0.25) is 5.91 Å². The Labute approximate surface area is 180 Å². The number of thioether (sulfide) groups is 1. The number of amides is 1. The third-order valence-corrected chi connectivity index (χ3v) is 6.22. The van der Waals surface area contributed by atoms with Crippen LogP contribution in [0.15, 0.2) is 52.4 Å². The molecule has 0 saturated carbocycles. The molecule has 1 aliphatic heterocycles. The lowest BCUT2D eigenvalue weighted by Gasteiger charge is -2.27. The van der Waals surface area contributed by atoms with Crippen molar-refractivity contribution in [2.45, 2.75) is 23.2 Å². The molecular weight excluding hydrogens is 432 g/mol. The van der Waals surface area contributed by atoms with Crippen molar-refractivity contribution < 1.29 is 13.6 Å². The SMILES string of the molecule is Cn1c(SCc2ccc(Cl)cc2)nc(=O)c2c1NC(=O)C[C@@H]2c1cc(F)cc(F)c1. The topological polar surface area (TPSA) is 64.0 Å². The van der Waals surface area contributed by atoms with Gasteiger partial charge in [-0.05, 0) is 35.4 Å². The molecule has 1 atom stereocenters. The molecule has 1 amide bonds. The number of halogens is 3. The predicted molar refractivity (Wildman–Crippen MR) is 112 cm³/mol. The first-order valence-corrected chi connectivity index (χ1v) is 10.4. The van der Waals surface area contributed by atoms with Crippen molar-refractivity contribution in [3.05, 3.63) is 86.2 Å². The Kier molecular flexibility index (Phi) is 5.62. The van der Waals surface area contributed by atoms with Crippen LogP contribution >= 0.6 is 23.4 Å². The van der Waals surface area contributed by atoms with Gasteiger partial charge in [-0.2, -0.15) is 4.98 Å². The maximum atomic E-state index is 13.7. The molecule has 2 heterocycles. The van der Waals surface area contributed by atoms with Crippen LogP contribution in [0.4, 0.5) is 14.6 Å². The zero-order valence-corrected chi connectivity index (χ0v) is 17.4. The lowest BCUT2D eigenvalue weighted by atomic mass is 9.86. The molecule has 0 fully saturated rings. The number of nitrogens with zero attached hydrogens (tertiary/aromatic N) is 2. The monoisotopic (exact) mass is 447 g/mol. The molecule has 3 aromatic rings. The van der Waals surface area contributed by atoms with Crippen LogP contribution < -0.4 is 10.9 Å². The highest BCUT2D eigenvalue weighted by Gasteiger charge is 2.32. The average Bonchev–Trinajstić information content (AvgIpc) is 2.69. The summed E-state index contributed by atoms with van der Waals surface area (Å²) in [6, 6.07) is 10.3. The highest BCUT2D eigenvalue weighted by Crippen LogP contribution is 2.36. The van der Waals surface area contributed by atoms with E-state index in [1.54, 1.807) is 23.7 Å². The average molecular weight is 448 g/mol. The van der Waals surface area contributed by atoms with E-state index in [1.807, 2.05) is 12.1 Å². The smallest absolute Gasteiger partial charge is 0.279 e. The minimum Gasteiger partial charge on any atom is -0.312 e. The fourth-order valence-corrected chi connectivity index (χ4v) is 4.50. The van der Waals surface area contributed by atoms with Crippen molar-refractivity contribution in [3.63, 3.8) is 0 Å². The van der Waals surface area contributed by atoms with Crippen LogP contribution in [0.25, 0.3) is 0 Å². The number of hydrogen-bond acceptors (Lipinski definition) is 4. The van der Waals surface area contributed by atoms with Crippen LogP contribution in [0.5, 0.6) is 0 Å². The van der Waals surface area contributed by atoms with E-state index >= 15 is 0 Å². The van der Waals surface area contributed by atoms with Gasteiger partial charge in [0.05, 0.1) is 5.56 Å². The molecule has 0 bridgehead atoms. The van der Waals surface area contributed by atoms with Crippen molar-refractivity contribution in [1.29, 1.82) is 0 Å². The van der Waals surface area contributed by atoms with Crippen molar-refractivity contribution in [3.8, 4) is 0 Å². The van der Waals surface area contributed by atoms with Crippen molar-refractivity contribution in [1.82, 2.24) is 9.55 Å². The van der Waals surface area contributed by atoms with E-state index < -0.39 is 23.1 Å². The molecule has 0 unspecified atom stereocenters. The van der Waals surface area contributed by atoms with Gasteiger partial charge in [-0.3, -0.25) is 9.59 Å².